The van der Waals surface area contributed by atoms with Gasteiger partial charge in [-0.05, 0) is 36.6 Å². The lowest BCUT2D eigenvalue weighted by Gasteiger charge is -2.33. The lowest BCUT2D eigenvalue weighted by molar-refractivity contribution is 0.0418. The van der Waals surface area contributed by atoms with Crippen molar-refractivity contribution in [3.63, 3.8) is 0 Å². The standard InChI is InChI=1S/C24H27N3O4/c1-17-7-8-21-19(13-17)14-20(23(28)25-21)16-27(24(29)26-9-11-31-12-10-26)15-18-5-3-4-6-22(18)30-2/h3-8,13-14H,9-12,15-16H2,1-2H3,(H,25,28). The lowest BCUT2D eigenvalue weighted by atomic mass is 10.1. The molecule has 0 radical (unpaired) electrons. The van der Waals surface area contributed by atoms with E-state index in [2.05, 4.69) is 4.98 Å². The summed E-state index contributed by atoms with van der Waals surface area (Å²) in [5.74, 6) is 0.713. The Hall–Kier alpha value is -3.32. The molecule has 1 saturated heterocycles. The normalized spacial score (nSPS) is 13.9. The van der Waals surface area contributed by atoms with E-state index in [0.29, 0.717) is 44.2 Å². The van der Waals surface area contributed by atoms with Crippen LogP contribution in [0.5, 0.6) is 5.75 Å². The van der Waals surface area contributed by atoms with Gasteiger partial charge in [0, 0.05) is 29.7 Å². The van der Waals surface area contributed by atoms with Crippen LogP contribution in [0, 0.1) is 6.92 Å². The second-order valence-electron chi connectivity index (χ2n) is 7.76. The van der Waals surface area contributed by atoms with Gasteiger partial charge in [-0.2, -0.15) is 0 Å². The number of morpholine rings is 1. The summed E-state index contributed by atoms with van der Waals surface area (Å²) < 4.78 is 10.9. The number of ether oxygens (including phenoxy) is 2. The van der Waals surface area contributed by atoms with Crippen LogP contribution >= 0.6 is 0 Å². The molecule has 1 aliphatic rings. The Kier molecular flexibility index (Phi) is 6.23. The van der Waals surface area contributed by atoms with E-state index in [-0.39, 0.29) is 18.1 Å². The molecule has 1 fully saturated rings. The number of hydrogen-bond acceptors (Lipinski definition) is 4. The van der Waals surface area contributed by atoms with E-state index in [1.807, 2.05) is 55.5 Å². The number of carbonyl (C=O) groups excluding carboxylic acids is 1. The first-order chi connectivity index (χ1) is 15.0. The van der Waals surface area contributed by atoms with E-state index < -0.39 is 0 Å². The topological polar surface area (TPSA) is 74.9 Å². The van der Waals surface area contributed by atoms with Crippen LogP contribution < -0.4 is 10.3 Å². The van der Waals surface area contributed by atoms with E-state index in [4.69, 9.17) is 9.47 Å². The highest BCUT2D eigenvalue weighted by Gasteiger charge is 2.25. The Morgan fingerprint density at radius 3 is 2.61 bits per heavy atom. The lowest BCUT2D eigenvalue weighted by Crippen LogP contribution is -2.48. The number of amides is 2. The molecule has 1 N–H and O–H groups in total. The van der Waals surface area contributed by atoms with Crippen molar-refractivity contribution in [1.29, 1.82) is 0 Å². The van der Waals surface area contributed by atoms with Crippen molar-refractivity contribution in [2.24, 2.45) is 0 Å². The minimum atomic E-state index is -0.184. The van der Waals surface area contributed by atoms with Crippen LogP contribution in [-0.2, 0) is 17.8 Å². The number of aryl methyl sites for hydroxylation is 1. The third-order valence-electron chi connectivity index (χ3n) is 5.54. The molecule has 3 aromatic rings. The highest BCUT2D eigenvalue weighted by atomic mass is 16.5. The summed E-state index contributed by atoms with van der Waals surface area (Å²) in [7, 11) is 1.61. The number of hydrogen-bond donors (Lipinski definition) is 1. The van der Waals surface area contributed by atoms with Gasteiger partial charge in [0.2, 0.25) is 0 Å². The van der Waals surface area contributed by atoms with E-state index in [1.165, 1.54) is 0 Å². The van der Waals surface area contributed by atoms with Gasteiger partial charge >= 0.3 is 6.03 Å². The molecule has 0 saturated carbocycles. The number of methoxy groups -OCH3 is 1. The van der Waals surface area contributed by atoms with Crippen LogP contribution in [0.15, 0.2) is 53.3 Å². The average Bonchev–Trinajstić information content (AvgIpc) is 2.79. The van der Waals surface area contributed by atoms with Crippen molar-refractivity contribution in [1.82, 2.24) is 14.8 Å². The molecule has 0 aliphatic carbocycles. The van der Waals surface area contributed by atoms with Crippen LogP contribution in [0.3, 0.4) is 0 Å². The molecule has 2 amide bonds. The molecule has 1 aliphatic heterocycles. The summed E-state index contributed by atoms with van der Waals surface area (Å²) in [6.45, 7) is 4.66. The van der Waals surface area contributed by atoms with Gasteiger partial charge in [0.05, 0.1) is 33.4 Å². The maximum atomic E-state index is 13.4. The first-order valence-corrected chi connectivity index (χ1v) is 10.4. The first-order valence-electron chi connectivity index (χ1n) is 10.4. The number of para-hydroxylation sites is 1. The maximum absolute atomic E-state index is 13.4. The SMILES string of the molecule is COc1ccccc1CN(Cc1cc2cc(C)ccc2[nH]c1=O)C(=O)N1CCOCC1. The largest absolute Gasteiger partial charge is 0.496 e. The van der Waals surface area contributed by atoms with Gasteiger partial charge < -0.3 is 24.3 Å². The van der Waals surface area contributed by atoms with Crippen LogP contribution in [0.1, 0.15) is 16.7 Å². The fourth-order valence-corrected chi connectivity index (χ4v) is 3.88. The number of fused-ring (bicyclic) bond motifs is 1. The molecule has 0 spiro atoms. The van der Waals surface area contributed by atoms with Gasteiger partial charge in [-0.1, -0.05) is 29.8 Å². The molecular weight excluding hydrogens is 394 g/mol. The number of benzene rings is 2. The summed E-state index contributed by atoms with van der Waals surface area (Å²) in [6.07, 6.45) is 0. The summed E-state index contributed by atoms with van der Waals surface area (Å²) in [4.78, 5) is 32.6. The molecule has 0 atom stereocenters. The number of pyridine rings is 1. The number of H-pyrrole nitrogens is 1. The fourth-order valence-electron chi connectivity index (χ4n) is 3.88. The molecule has 7 heteroatoms. The number of aromatic amines is 1. The number of aromatic nitrogens is 1. The Morgan fingerprint density at radius 1 is 1.10 bits per heavy atom. The van der Waals surface area contributed by atoms with Crippen molar-refractivity contribution in [3.05, 3.63) is 75.6 Å². The Bertz CT molecular complexity index is 1140. The number of urea groups is 1. The Morgan fingerprint density at radius 2 is 1.84 bits per heavy atom. The molecule has 7 nitrogen and oxygen atoms in total. The first kappa shape index (κ1) is 20.9. The maximum Gasteiger partial charge on any atom is 0.320 e. The second-order valence-corrected chi connectivity index (χ2v) is 7.76. The van der Waals surface area contributed by atoms with Crippen molar-refractivity contribution in [2.45, 2.75) is 20.0 Å². The predicted octanol–water partition coefficient (Wildman–Crippen LogP) is 3.30. The zero-order valence-corrected chi connectivity index (χ0v) is 17.9. The number of carbonyl (C=O) groups is 1. The molecule has 2 aromatic carbocycles. The fraction of sp³-hybridized carbons (Fsp3) is 0.333. The van der Waals surface area contributed by atoms with Crippen molar-refractivity contribution in [3.8, 4) is 5.75 Å². The summed E-state index contributed by atoms with van der Waals surface area (Å²) in [5, 5.41) is 0.950. The van der Waals surface area contributed by atoms with Gasteiger partial charge in [0.1, 0.15) is 5.75 Å². The summed E-state index contributed by atoms with van der Waals surface area (Å²) in [6, 6.07) is 15.3. The van der Waals surface area contributed by atoms with E-state index in [0.717, 1.165) is 22.0 Å². The Labute approximate surface area is 181 Å². The molecule has 1 aromatic heterocycles. The zero-order valence-electron chi connectivity index (χ0n) is 17.9. The van der Waals surface area contributed by atoms with E-state index >= 15 is 0 Å². The molecule has 0 bridgehead atoms. The van der Waals surface area contributed by atoms with Crippen LogP contribution in [-0.4, -0.2) is 54.2 Å². The average molecular weight is 421 g/mol. The smallest absolute Gasteiger partial charge is 0.320 e. The molecule has 0 unspecified atom stereocenters. The minimum absolute atomic E-state index is 0.113. The second kappa shape index (κ2) is 9.22. The quantitative estimate of drug-likeness (QED) is 0.686. The highest BCUT2D eigenvalue weighted by Crippen LogP contribution is 2.22. The molecular formula is C24H27N3O4. The minimum Gasteiger partial charge on any atom is -0.496 e. The summed E-state index contributed by atoms with van der Waals surface area (Å²) in [5.41, 5.74) is 3.15. The third kappa shape index (κ3) is 4.72. The highest BCUT2D eigenvalue weighted by molar-refractivity contribution is 5.80. The monoisotopic (exact) mass is 421 g/mol. The van der Waals surface area contributed by atoms with Gasteiger partial charge in [0.15, 0.2) is 0 Å². The van der Waals surface area contributed by atoms with Crippen LogP contribution in [0.4, 0.5) is 4.79 Å². The number of nitrogens with zero attached hydrogens (tertiary/aromatic N) is 2. The predicted molar refractivity (Wildman–Crippen MR) is 119 cm³/mol. The summed E-state index contributed by atoms with van der Waals surface area (Å²) >= 11 is 0. The van der Waals surface area contributed by atoms with Gasteiger partial charge in [-0.25, -0.2) is 4.79 Å². The van der Waals surface area contributed by atoms with Gasteiger partial charge in [-0.15, -0.1) is 0 Å². The van der Waals surface area contributed by atoms with Crippen molar-refractivity contribution in [2.75, 3.05) is 33.4 Å². The third-order valence-corrected chi connectivity index (χ3v) is 5.54. The Balaban J connectivity index is 1.68. The van der Waals surface area contributed by atoms with Gasteiger partial charge in [0.25, 0.3) is 5.56 Å². The number of nitrogens with one attached hydrogen (secondary N) is 1. The molecule has 4 rings (SSSR count). The molecule has 162 valence electrons. The molecule has 2 heterocycles. The van der Waals surface area contributed by atoms with Crippen molar-refractivity contribution >= 4 is 16.9 Å². The van der Waals surface area contributed by atoms with Crippen LogP contribution in [0.25, 0.3) is 10.9 Å². The van der Waals surface area contributed by atoms with Gasteiger partial charge in [-0.3, -0.25) is 4.79 Å². The van der Waals surface area contributed by atoms with Crippen molar-refractivity contribution < 1.29 is 14.3 Å². The van der Waals surface area contributed by atoms with Crippen LogP contribution in [0.2, 0.25) is 0 Å². The zero-order chi connectivity index (χ0) is 21.8. The number of rotatable bonds is 5. The molecule has 31 heavy (non-hydrogen) atoms. The van der Waals surface area contributed by atoms with E-state index in [9.17, 15) is 9.59 Å². The van der Waals surface area contributed by atoms with E-state index in [1.54, 1.807) is 16.9 Å².